The summed E-state index contributed by atoms with van der Waals surface area (Å²) < 4.78 is 51.6. The number of rotatable bonds is 3. The first-order chi connectivity index (χ1) is 9.80. The number of halogens is 5. The molecule has 2 atom stereocenters. The Hall–Kier alpha value is -1.43. The molecule has 0 bridgehead atoms. The predicted molar refractivity (Wildman–Crippen MR) is 75.7 cm³/mol. The molecule has 2 aromatic rings. The topological polar surface area (TPSA) is 12.9 Å². The normalized spacial score (nSPS) is 14.8. The number of nitrogens with zero attached hydrogens (tertiary/aromatic N) is 1. The molecule has 0 fully saturated rings. The highest BCUT2D eigenvalue weighted by atomic mass is 79.9. The number of benzene rings is 1. The molecule has 0 radical (unpaired) electrons. The lowest BCUT2D eigenvalue weighted by atomic mass is 9.93. The molecule has 0 aliphatic heterocycles. The van der Waals surface area contributed by atoms with Crippen LogP contribution in [0.25, 0.3) is 0 Å². The molecule has 2 unspecified atom stereocenters. The molecule has 1 aromatic carbocycles. The lowest BCUT2D eigenvalue weighted by Crippen LogP contribution is -2.10. The first-order valence-electron chi connectivity index (χ1n) is 6.21. The quantitative estimate of drug-likeness (QED) is 0.521. The molecule has 0 amide bonds. The van der Waals surface area contributed by atoms with Gasteiger partial charge in [-0.3, -0.25) is 4.98 Å². The maximum Gasteiger partial charge on any atom is 0.419 e. The first-order valence-corrected chi connectivity index (χ1v) is 7.13. The van der Waals surface area contributed by atoms with Crippen molar-refractivity contribution in [2.24, 2.45) is 0 Å². The SMILES string of the molecule is CC(c1ccncc1)C(Br)c1ccc(F)c(C(F)(F)F)c1. The van der Waals surface area contributed by atoms with Crippen LogP contribution in [0, 0.1) is 5.82 Å². The standard InChI is InChI=1S/C15H12BrF4N/c1-9(10-4-6-21-7-5-10)14(16)11-2-3-13(17)12(8-11)15(18,19)20/h2-9,14H,1H3. The lowest BCUT2D eigenvalue weighted by Gasteiger charge is -2.20. The molecular weight excluding hydrogens is 350 g/mol. The van der Waals surface area contributed by atoms with Gasteiger partial charge in [0.15, 0.2) is 0 Å². The highest BCUT2D eigenvalue weighted by molar-refractivity contribution is 9.09. The molecule has 0 saturated carbocycles. The number of hydrogen-bond donors (Lipinski definition) is 0. The second-order valence-electron chi connectivity index (χ2n) is 4.71. The van der Waals surface area contributed by atoms with E-state index >= 15 is 0 Å². The summed E-state index contributed by atoms with van der Waals surface area (Å²) in [6, 6.07) is 6.67. The minimum atomic E-state index is -4.70. The number of pyridine rings is 1. The lowest BCUT2D eigenvalue weighted by molar-refractivity contribution is -0.140. The monoisotopic (exact) mass is 361 g/mol. The summed E-state index contributed by atoms with van der Waals surface area (Å²) >= 11 is 3.40. The average molecular weight is 362 g/mol. The van der Waals surface area contributed by atoms with Gasteiger partial charge < -0.3 is 0 Å². The van der Waals surface area contributed by atoms with Gasteiger partial charge in [0, 0.05) is 17.2 Å². The molecule has 0 aliphatic carbocycles. The van der Waals surface area contributed by atoms with E-state index in [1.165, 1.54) is 6.07 Å². The van der Waals surface area contributed by atoms with E-state index in [9.17, 15) is 17.6 Å². The second kappa shape index (κ2) is 6.13. The molecular formula is C15H12BrF4N. The van der Waals surface area contributed by atoms with Crippen LogP contribution in [0.5, 0.6) is 0 Å². The summed E-state index contributed by atoms with van der Waals surface area (Å²) in [5.74, 6) is -1.35. The third-order valence-corrected chi connectivity index (χ3v) is 4.61. The van der Waals surface area contributed by atoms with Crippen LogP contribution in [0.1, 0.15) is 34.4 Å². The minimum Gasteiger partial charge on any atom is -0.265 e. The van der Waals surface area contributed by atoms with Crippen LogP contribution < -0.4 is 0 Å². The van der Waals surface area contributed by atoms with Crippen molar-refractivity contribution in [3.63, 3.8) is 0 Å². The fourth-order valence-electron chi connectivity index (χ4n) is 2.06. The van der Waals surface area contributed by atoms with E-state index in [1.807, 2.05) is 6.92 Å². The van der Waals surface area contributed by atoms with Crippen molar-refractivity contribution in [3.05, 3.63) is 65.2 Å². The van der Waals surface area contributed by atoms with Crippen LogP contribution in [0.4, 0.5) is 17.6 Å². The molecule has 21 heavy (non-hydrogen) atoms. The second-order valence-corrected chi connectivity index (χ2v) is 5.69. The van der Waals surface area contributed by atoms with E-state index in [-0.39, 0.29) is 10.7 Å². The van der Waals surface area contributed by atoms with Crippen LogP contribution in [0.15, 0.2) is 42.7 Å². The Kier molecular flexibility index (Phi) is 4.66. The minimum absolute atomic E-state index is 0.0838. The number of aromatic nitrogens is 1. The summed E-state index contributed by atoms with van der Waals surface area (Å²) in [5, 5.41) is 0. The molecule has 0 aliphatic rings. The van der Waals surface area contributed by atoms with Gasteiger partial charge in [0.1, 0.15) is 5.82 Å². The predicted octanol–water partition coefficient (Wildman–Crippen LogP) is 5.48. The van der Waals surface area contributed by atoms with Crippen molar-refractivity contribution in [3.8, 4) is 0 Å². The Morgan fingerprint density at radius 1 is 1.05 bits per heavy atom. The highest BCUT2D eigenvalue weighted by Crippen LogP contribution is 2.40. The zero-order valence-corrected chi connectivity index (χ0v) is 12.6. The van der Waals surface area contributed by atoms with Gasteiger partial charge >= 0.3 is 6.18 Å². The summed E-state index contributed by atoms with van der Waals surface area (Å²) in [4.78, 5) is 3.54. The molecule has 2 rings (SSSR count). The van der Waals surface area contributed by atoms with E-state index in [1.54, 1.807) is 24.5 Å². The molecule has 1 heterocycles. The van der Waals surface area contributed by atoms with Gasteiger partial charge in [-0.25, -0.2) is 4.39 Å². The Morgan fingerprint density at radius 3 is 2.24 bits per heavy atom. The van der Waals surface area contributed by atoms with Crippen LogP contribution in [-0.2, 0) is 6.18 Å². The van der Waals surface area contributed by atoms with Gasteiger partial charge in [0.05, 0.1) is 5.56 Å². The third-order valence-electron chi connectivity index (χ3n) is 3.29. The summed E-state index contributed by atoms with van der Waals surface area (Å²) in [6.07, 6.45) is -1.46. The van der Waals surface area contributed by atoms with E-state index in [2.05, 4.69) is 20.9 Å². The Bertz CT molecular complexity index is 613. The zero-order valence-electron chi connectivity index (χ0n) is 11.0. The van der Waals surface area contributed by atoms with Crippen LogP contribution >= 0.6 is 15.9 Å². The molecule has 1 nitrogen and oxygen atoms in total. The van der Waals surface area contributed by atoms with Crippen LogP contribution in [0.3, 0.4) is 0 Å². The Morgan fingerprint density at radius 2 is 1.67 bits per heavy atom. The molecule has 6 heteroatoms. The molecule has 112 valence electrons. The summed E-state index contributed by atoms with van der Waals surface area (Å²) in [5.41, 5.74) is 0.0733. The molecule has 1 aromatic heterocycles. The van der Waals surface area contributed by atoms with Crippen molar-refractivity contribution in [2.75, 3.05) is 0 Å². The van der Waals surface area contributed by atoms with E-state index in [0.29, 0.717) is 5.56 Å². The van der Waals surface area contributed by atoms with E-state index in [0.717, 1.165) is 17.7 Å². The fraction of sp³-hybridized carbons (Fsp3) is 0.267. The zero-order chi connectivity index (χ0) is 15.6. The van der Waals surface area contributed by atoms with E-state index in [4.69, 9.17) is 0 Å². The first kappa shape index (κ1) is 15.9. The Labute approximate surface area is 128 Å². The van der Waals surface area contributed by atoms with Gasteiger partial charge in [0.2, 0.25) is 0 Å². The van der Waals surface area contributed by atoms with Crippen molar-refractivity contribution < 1.29 is 17.6 Å². The smallest absolute Gasteiger partial charge is 0.265 e. The van der Waals surface area contributed by atoms with Crippen LogP contribution in [-0.4, -0.2) is 4.98 Å². The van der Waals surface area contributed by atoms with Crippen molar-refractivity contribution in [1.82, 2.24) is 4.98 Å². The van der Waals surface area contributed by atoms with Gasteiger partial charge in [-0.05, 0) is 41.3 Å². The molecule has 0 spiro atoms. The largest absolute Gasteiger partial charge is 0.419 e. The molecule has 0 saturated heterocycles. The summed E-state index contributed by atoms with van der Waals surface area (Å²) in [7, 11) is 0. The average Bonchev–Trinajstić information content (AvgIpc) is 2.46. The van der Waals surface area contributed by atoms with Gasteiger partial charge in [-0.2, -0.15) is 13.2 Å². The van der Waals surface area contributed by atoms with Crippen molar-refractivity contribution in [2.45, 2.75) is 23.8 Å². The van der Waals surface area contributed by atoms with Crippen molar-refractivity contribution >= 4 is 15.9 Å². The fourth-order valence-corrected chi connectivity index (χ4v) is 2.65. The van der Waals surface area contributed by atoms with Gasteiger partial charge in [-0.15, -0.1) is 0 Å². The maximum absolute atomic E-state index is 13.3. The van der Waals surface area contributed by atoms with E-state index < -0.39 is 17.6 Å². The highest BCUT2D eigenvalue weighted by Gasteiger charge is 2.35. The van der Waals surface area contributed by atoms with Crippen LogP contribution in [0.2, 0.25) is 0 Å². The maximum atomic E-state index is 13.3. The number of hydrogen-bond acceptors (Lipinski definition) is 1. The van der Waals surface area contributed by atoms with Crippen molar-refractivity contribution in [1.29, 1.82) is 0 Å². The Balaban J connectivity index is 2.34. The van der Waals surface area contributed by atoms with Gasteiger partial charge in [0.25, 0.3) is 0 Å². The number of alkyl halides is 4. The van der Waals surface area contributed by atoms with Gasteiger partial charge in [-0.1, -0.05) is 28.9 Å². The third kappa shape index (κ3) is 3.61. The summed E-state index contributed by atoms with van der Waals surface area (Å²) in [6.45, 7) is 1.88. The molecule has 0 N–H and O–H groups in total.